The Morgan fingerprint density at radius 2 is 2.12 bits per heavy atom. The van der Waals surface area contributed by atoms with E-state index in [4.69, 9.17) is 9.84 Å². The Kier molecular flexibility index (Phi) is 6.05. The summed E-state index contributed by atoms with van der Waals surface area (Å²) in [6, 6.07) is 4.96. The molecule has 1 amide bonds. The number of rotatable bonds is 5. The van der Waals surface area contributed by atoms with Crippen molar-refractivity contribution in [1.29, 1.82) is 0 Å². The fraction of sp³-hybridized carbons (Fsp3) is 0.529. The Morgan fingerprint density at radius 3 is 2.76 bits per heavy atom. The maximum Gasteiger partial charge on any atom is 0.416 e. The van der Waals surface area contributed by atoms with Gasteiger partial charge in [-0.15, -0.1) is 0 Å². The normalized spacial score (nSPS) is 19.5. The minimum Gasteiger partial charge on any atom is -0.481 e. The van der Waals surface area contributed by atoms with Gasteiger partial charge in [0.25, 0.3) is 0 Å². The zero-order chi connectivity index (χ0) is 18.6. The molecule has 1 aromatic rings. The quantitative estimate of drug-likeness (QED) is 0.878. The van der Waals surface area contributed by atoms with E-state index in [-0.39, 0.29) is 37.8 Å². The van der Waals surface area contributed by atoms with Gasteiger partial charge >= 0.3 is 12.1 Å². The first-order valence-corrected chi connectivity index (χ1v) is 7.95. The second-order valence-electron chi connectivity index (χ2n) is 6.16. The summed E-state index contributed by atoms with van der Waals surface area (Å²) in [4.78, 5) is 24.7. The minimum absolute atomic E-state index is 0.0566. The van der Waals surface area contributed by atoms with Gasteiger partial charge in [0.05, 0.1) is 24.7 Å². The predicted molar refractivity (Wildman–Crippen MR) is 83.0 cm³/mol. The molecule has 0 aromatic heterocycles. The number of carboxylic acid groups (broad SMARTS) is 1. The highest BCUT2D eigenvalue weighted by Gasteiger charge is 2.31. The average molecular weight is 359 g/mol. The number of carbonyl (C=O) groups is 2. The van der Waals surface area contributed by atoms with Crippen molar-refractivity contribution in [3.8, 4) is 0 Å². The molecule has 1 saturated heterocycles. The lowest BCUT2D eigenvalue weighted by atomic mass is 9.95. The lowest BCUT2D eigenvalue weighted by Gasteiger charge is -2.33. The molecule has 1 aliphatic heterocycles. The molecule has 1 N–H and O–H groups in total. The molecular weight excluding hydrogens is 339 g/mol. The molecule has 0 bridgehead atoms. The third-order valence-electron chi connectivity index (χ3n) is 4.16. The number of aliphatic carboxylic acids is 1. The van der Waals surface area contributed by atoms with Crippen LogP contribution in [0.4, 0.5) is 13.2 Å². The third-order valence-corrected chi connectivity index (χ3v) is 4.16. The van der Waals surface area contributed by atoms with Crippen LogP contribution < -0.4 is 0 Å². The van der Waals surface area contributed by atoms with E-state index in [1.54, 1.807) is 13.0 Å². The van der Waals surface area contributed by atoms with Crippen molar-refractivity contribution in [3.05, 3.63) is 35.4 Å². The van der Waals surface area contributed by atoms with Crippen molar-refractivity contribution in [2.24, 2.45) is 0 Å². The summed E-state index contributed by atoms with van der Waals surface area (Å²) in [5, 5.41) is 8.80. The van der Waals surface area contributed by atoms with Crippen molar-refractivity contribution in [2.75, 3.05) is 19.7 Å². The van der Waals surface area contributed by atoms with E-state index in [9.17, 15) is 22.8 Å². The van der Waals surface area contributed by atoms with E-state index in [1.807, 2.05) is 0 Å². The molecule has 0 spiro atoms. The Balaban J connectivity index is 1.99. The molecule has 25 heavy (non-hydrogen) atoms. The van der Waals surface area contributed by atoms with Crippen molar-refractivity contribution in [3.63, 3.8) is 0 Å². The summed E-state index contributed by atoms with van der Waals surface area (Å²) in [5.74, 6) is -1.60. The molecule has 0 unspecified atom stereocenters. The highest BCUT2D eigenvalue weighted by Crippen LogP contribution is 2.32. The molecule has 1 aromatic carbocycles. The number of ether oxygens (including phenoxy) is 1. The maximum absolute atomic E-state index is 12.8. The van der Waals surface area contributed by atoms with Crippen LogP contribution in [0.1, 0.15) is 36.8 Å². The topological polar surface area (TPSA) is 66.8 Å². The fourth-order valence-corrected chi connectivity index (χ4v) is 2.79. The van der Waals surface area contributed by atoms with Gasteiger partial charge in [-0.3, -0.25) is 9.59 Å². The summed E-state index contributed by atoms with van der Waals surface area (Å²) >= 11 is 0. The lowest BCUT2D eigenvalue weighted by Crippen LogP contribution is -2.46. The SMILES string of the molecule is C[C@H](CC(=O)N1CCO[C@H](CC(=O)O)C1)c1cccc(C(F)(F)F)c1. The largest absolute Gasteiger partial charge is 0.481 e. The minimum atomic E-state index is -4.42. The van der Waals surface area contributed by atoms with Gasteiger partial charge in [-0.05, 0) is 17.5 Å². The average Bonchev–Trinajstić information content (AvgIpc) is 2.53. The zero-order valence-electron chi connectivity index (χ0n) is 13.8. The molecule has 8 heteroatoms. The number of benzene rings is 1. The molecule has 138 valence electrons. The highest BCUT2D eigenvalue weighted by atomic mass is 19.4. The molecule has 2 rings (SSSR count). The van der Waals surface area contributed by atoms with Gasteiger partial charge in [0, 0.05) is 19.5 Å². The number of amides is 1. The van der Waals surface area contributed by atoms with E-state index in [0.29, 0.717) is 12.1 Å². The van der Waals surface area contributed by atoms with Gasteiger partial charge in [0.1, 0.15) is 0 Å². The molecule has 1 fully saturated rings. The Labute approximate surface area is 143 Å². The van der Waals surface area contributed by atoms with Gasteiger partial charge in [-0.1, -0.05) is 25.1 Å². The van der Waals surface area contributed by atoms with Crippen molar-refractivity contribution >= 4 is 11.9 Å². The first-order valence-electron chi connectivity index (χ1n) is 7.95. The number of carbonyl (C=O) groups excluding carboxylic acids is 1. The highest BCUT2D eigenvalue weighted by molar-refractivity contribution is 5.77. The van der Waals surface area contributed by atoms with Crippen LogP contribution in [-0.2, 0) is 20.5 Å². The van der Waals surface area contributed by atoms with Crippen LogP contribution in [0.25, 0.3) is 0 Å². The van der Waals surface area contributed by atoms with Gasteiger partial charge in [0.2, 0.25) is 5.91 Å². The summed E-state index contributed by atoms with van der Waals surface area (Å²) in [6.07, 6.45) is -5.11. The number of hydrogen-bond donors (Lipinski definition) is 1. The number of nitrogens with zero attached hydrogens (tertiary/aromatic N) is 1. The first kappa shape index (κ1) is 19.2. The summed E-state index contributed by atoms with van der Waals surface area (Å²) in [7, 11) is 0. The Morgan fingerprint density at radius 1 is 1.40 bits per heavy atom. The summed E-state index contributed by atoms with van der Waals surface area (Å²) < 4.78 is 43.7. The van der Waals surface area contributed by atoms with Gasteiger partial charge in [-0.2, -0.15) is 13.2 Å². The van der Waals surface area contributed by atoms with Crippen molar-refractivity contribution in [1.82, 2.24) is 4.90 Å². The third kappa shape index (κ3) is 5.45. The summed E-state index contributed by atoms with van der Waals surface area (Å²) in [5.41, 5.74) is -0.296. The molecular formula is C17H20F3NO4. The second-order valence-corrected chi connectivity index (χ2v) is 6.16. The fourth-order valence-electron chi connectivity index (χ4n) is 2.79. The maximum atomic E-state index is 12.8. The molecule has 1 heterocycles. The van der Waals surface area contributed by atoms with Gasteiger partial charge < -0.3 is 14.7 Å². The van der Waals surface area contributed by atoms with E-state index < -0.39 is 23.8 Å². The van der Waals surface area contributed by atoms with E-state index in [2.05, 4.69) is 0 Å². The van der Waals surface area contributed by atoms with Crippen LogP contribution in [0.5, 0.6) is 0 Å². The Hall–Kier alpha value is -2.09. The van der Waals surface area contributed by atoms with Crippen LogP contribution in [0.15, 0.2) is 24.3 Å². The molecule has 0 saturated carbocycles. The Bertz CT molecular complexity index is 633. The van der Waals surface area contributed by atoms with Crippen LogP contribution in [0, 0.1) is 0 Å². The molecule has 5 nitrogen and oxygen atoms in total. The lowest BCUT2D eigenvalue weighted by molar-refractivity contribution is -0.147. The first-order chi connectivity index (χ1) is 11.7. The number of morpholine rings is 1. The number of hydrogen-bond acceptors (Lipinski definition) is 3. The number of halogens is 3. The molecule has 2 atom stereocenters. The van der Waals surface area contributed by atoms with Crippen molar-refractivity contribution in [2.45, 2.75) is 38.0 Å². The van der Waals surface area contributed by atoms with Gasteiger partial charge in [-0.25, -0.2) is 0 Å². The van der Waals surface area contributed by atoms with E-state index in [0.717, 1.165) is 12.1 Å². The smallest absolute Gasteiger partial charge is 0.416 e. The predicted octanol–water partition coefficient (Wildman–Crippen LogP) is 2.90. The van der Waals surface area contributed by atoms with Crippen LogP contribution >= 0.6 is 0 Å². The van der Waals surface area contributed by atoms with Crippen LogP contribution in [0.2, 0.25) is 0 Å². The van der Waals surface area contributed by atoms with Gasteiger partial charge in [0.15, 0.2) is 0 Å². The van der Waals surface area contributed by atoms with Crippen LogP contribution in [-0.4, -0.2) is 47.7 Å². The zero-order valence-corrected chi connectivity index (χ0v) is 13.8. The second kappa shape index (κ2) is 7.86. The van der Waals surface area contributed by atoms with Crippen molar-refractivity contribution < 1.29 is 32.6 Å². The molecule has 0 aliphatic carbocycles. The summed E-state index contributed by atoms with van der Waals surface area (Å²) in [6.45, 7) is 2.48. The number of alkyl halides is 3. The van der Waals surface area contributed by atoms with E-state index >= 15 is 0 Å². The monoisotopic (exact) mass is 359 g/mol. The van der Waals surface area contributed by atoms with Crippen LogP contribution in [0.3, 0.4) is 0 Å². The molecule has 0 radical (unpaired) electrons. The standard InChI is InChI=1S/C17H20F3NO4/c1-11(12-3-2-4-13(8-12)17(18,19)20)7-15(22)21-5-6-25-14(10-21)9-16(23)24/h2-4,8,11,14H,5-7,9-10H2,1H3,(H,23,24)/t11-,14-/m1/s1. The number of carboxylic acids is 1. The van der Waals surface area contributed by atoms with E-state index in [1.165, 1.54) is 11.0 Å². The molecule has 1 aliphatic rings.